The van der Waals surface area contributed by atoms with Gasteiger partial charge in [0.25, 0.3) is 0 Å². The van der Waals surface area contributed by atoms with Crippen molar-refractivity contribution in [1.29, 1.82) is 0 Å². The van der Waals surface area contributed by atoms with Crippen LogP contribution < -0.4 is 15.4 Å². The molecule has 3 atom stereocenters. The van der Waals surface area contributed by atoms with Gasteiger partial charge in [-0.1, -0.05) is 23.7 Å². The normalized spacial score (nSPS) is 18.2. The highest BCUT2D eigenvalue weighted by Gasteiger charge is 2.33. The Labute approximate surface area is 256 Å². The first-order valence-electron chi connectivity index (χ1n) is 13.7. The molecule has 0 aliphatic carbocycles. The van der Waals surface area contributed by atoms with Crippen molar-refractivity contribution in [1.82, 2.24) is 14.4 Å². The maximum Gasteiger partial charge on any atom is 0.323 e. The summed E-state index contributed by atoms with van der Waals surface area (Å²) in [5.74, 6) is 0.295. The molecule has 232 valence electrons. The molecule has 2 aromatic carbocycles. The number of likely N-dealkylation sites (N-methyl/N-ethyl adjacent to an activating group) is 1. The summed E-state index contributed by atoms with van der Waals surface area (Å²) in [5.41, 5.74) is 1.90. The highest BCUT2D eigenvalue weighted by molar-refractivity contribution is 7.89. The second kappa shape index (κ2) is 13.3. The Morgan fingerprint density at radius 3 is 2.53 bits per heavy atom. The molecule has 14 heteroatoms. The molecular formula is C29H36ClN5O7S. The van der Waals surface area contributed by atoms with E-state index in [0.29, 0.717) is 39.2 Å². The SMILES string of the molecule is Cc1noc(C)c1NC(=O)Nc1ccc2c(c1)CC(=O)N([C@@H](C)CO)C[C@H](C)[C@@H](CN(C)S(=O)(=O)c1ccc(Cl)cc1)O2. The van der Waals surface area contributed by atoms with Crippen LogP contribution in [0.5, 0.6) is 5.75 Å². The van der Waals surface area contributed by atoms with Gasteiger partial charge in [0.1, 0.15) is 23.2 Å². The van der Waals surface area contributed by atoms with Gasteiger partial charge in [-0.05, 0) is 63.2 Å². The van der Waals surface area contributed by atoms with E-state index in [-0.39, 0.29) is 42.8 Å². The first-order valence-corrected chi connectivity index (χ1v) is 15.5. The van der Waals surface area contributed by atoms with Gasteiger partial charge >= 0.3 is 6.03 Å². The fraction of sp³-hybridized carbons (Fsp3) is 0.414. The van der Waals surface area contributed by atoms with E-state index < -0.39 is 28.2 Å². The molecule has 0 radical (unpaired) electrons. The molecule has 3 aromatic rings. The smallest absolute Gasteiger partial charge is 0.323 e. The first-order chi connectivity index (χ1) is 20.3. The fourth-order valence-electron chi connectivity index (χ4n) is 4.80. The summed E-state index contributed by atoms with van der Waals surface area (Å²) in [6, 6.07) is 9.83. The number of hydrogen-bond donors (Lipinski definition) is 3. The third-order valence-electron chi connectivity index (χ3n) is 7.41. The number of fused-ring (bicyclic) bond motifs is 1. The Hall–Kier alpha value is -3.65. The van der Waals surface area contributed by atoms with Crippen LogP contribution in [0.2, 0.25) is 5.02 Å². The molecule has 0 saturated heterocycles. The van der Waals surface area contributed by atoms with E-state index >= 15 is 0 Å². The molecule has 12 nitrogen and oxygen atoms in total. The molecular weight excluding hydrogens is 598 g/mol. The molecule has 43 heavy (non-hydrogen) atoms. The van der Waals surface area contributed by atoms with E-state index in [2.05, 4.69) is 15.8 Å². The summed E-state index contributed by atoms with van der Waals surface area (Å²) < 4.78 is 39.4. The lowest BCUT2D eigenvalue weighted by atomic mass is 10.0. The molecule has 0 fully saturated rings. The molecule has 2 heterocycles. The van der Waals surface area contributed by atoms with Crippen LogP contribution in [-0.4, -0.2) is 78.7 Å². The minimum absolute atomic E-state index is 0.0129. The molecule has 0 spiro atoms. The second-order valence-electron chi connectivity index (χ2n) is 10.7. The topological polar surface area (TPSA) is 154 Å². The number of anilines is 2. The minimum atomic E-state index is -3.87. The third-order valence-corrected chi connectivity index (χ3v) is 9.49. The van der Waals surface area contributed by atoms with Gasteiger partial charge in [0.15, 0.2) is 5.76 Å². The number of rotatable bonds is 8. The Morgan fingerprint density at radius 1 is 1.21 bits per heavy atom. The molecule has 0 saturated carbocycles. The number of aromatic nitrogens is 1. The van der Waals surface area contributed by atoms with Crippen molar-refractivity contribution in [3.05, 3.63) is 64.5 Å². The van der Waals surface area contributed by atoms with E-state index in [4.69, 9.17) is 20.9 Å². The zero-order valence-corrected chi connectivity index (χ0v) is 26.2. The van der Waals surface area contributed by atoms with Crippen molar-refractivity contribution in [2.24, 2.45) is 5.92 Å². The van der Waals surface area contributed by atoms with E-state index in [1.165, 1.54) is 35.6 Å². The quantitative estimate of drug-likeness (QED) is 0.336. The highest BCUT2D eigenvalue weighted by Crippen LogP contribution is 2.30. The molecule has 1 aliphatic heterocycles. The van der Waals surface area contributed by atoms with Gasteiger partial charge < -0.3 is 29.9 Å². The van der Waals surface area contributed by atoms with Gasteiger partial charge in [0.2, 0.25) is 15.9 Å². The predicted molar refractivity (Wildman–Crippen MR) is 162 cm³/mol. The van der Waals surface area contributed by atoms with Crippen LogP contribution in [-0.2, 0) is 21.2 Å². The number of halogens is 1. The Bertz CT molecular complexity index is 1560. The maximum atomic E-state index is 13.5. The number of nitrogens with one attached hydrogen (secondary N) is 2. The third kappa shape index (κ3) is 7.47. The predicted octanol–water partition coefficient (Wildman–Crippen LogP) is 4.06. The van der Waals surface area contributed by atoms with Crippen LogP contribution in [0.3, 0.4) is 0 Å². The van der Waals surface area contributed by atoms with Crippen LogP contribution in [0.1, 0.15) is 30.9 Å². The number of carbonyl (C=O) groups excluding carboxylic acids is 2. The fourth-order valence-corrected chi connectivity index (χ4v) is 6.11. The number of urea groups is 1. The lowest BCUT2D eigenvalue weighted by molar-refractivity contribution is -0.134. The summed E-state index contributed by atoms with van der Waals surface area (Å²) in [6.45, 7) is 6.98. The summed E-state index contributed by atoms with van der Waals surface area (Å²) in [7, 11) is -2.40. The number of sulfonamides is 1. The lowest BCUT2D eigenvalue weighted by Crippen LogP contribution is -2.48. The van der Waals surface area contributed by atoms with Gasteiger partial charge in [0, 0.05) is 35.8 Å². The van der Waals surface area contributed by atoms with Crippen molar-refractivity contribution in [3.63, 3.8) is 0 Å². The standard InChI is InChI=1S/C29H36ClN5O7S/c1-17-14-35(18(2)16-36)27(37)13-21-12-23(31-29(38)32-28-19(3)33-42-20(28)4)8-11-25(21)41-26(17)15-34(5)43(39,40)24-9-6-22(30)7-10-24/h6-12,17-18,26,36H,13-16H2,1-5H3,(H2,31,32,38)/t17-,18-,26+/m0/s1. The largest absolute Gasteiger partial charge is 0.488 e. The maximum absolute atomic E-state index is 13.5. The summed E-state index contributed by atoms with van der Waals surface area (Å²) in [5, 5.41) is 19.6. The van der Waals surface area contributed by atoms with Crippen molar-refractivity contribution < 1.29 is 32.4 Å². The van der Waals surface area contributed by atoms with Crippen molar-refractivity contribution in [2.45, 2.75) is 51.2 Å². The number of ether oxygens (including phenoxy) is 1. The molecule has 3 amide bonds. The van der Waals surface area contributed by atoms with Crippen LogP contribution in [0.4, 0.5) is 16.2 Å². The van der Waals surface area contributed by atoms with Crippen LogP contribution >= 0.6 is 11.6 Å². The van der Waals surface area contributed by atoms with Crippen molar-refractivity contribution in [2.75, 3.05) is 37.4 Å². The first kappa shape index (κ1) is 32.3. The minimum Gasteiger partial charge on any atom is -0.488 e. The molecule has 1 aromatic heterocycles. The summed E-state index contributed by atoms with van der Waals surface area (Å²) in [4.78, 5) is 27.9. The molecule has 0 bridgehead atoms. The number of benzene rings is 2. The molecule has 0 unspecified atom stereocenters. The van der Waals surface area contributed by atoms with Crippen molar-refractivity contribution in [3.8, 4) is 5.75 Å². The van der Waals surface area contributed by atoms with Gasteiger partial charge in [-0.25, -0.2) is 13.2 Å². The Balaban J connectivity index is 1.62. The molecule has 3 N–H and O–H groups in total. The number of aliphatic hydroxyl groups is 1. The number of hydrogen-bond acceptors (Lipinski definition) is 8. The lowest BCUT2D eigenvalue weighted by Gasteiger charge is -2.33. The summed E-state index contributed by atoms with van der Waals surface area (Å²) >= 11 is 5.95. The highest BCUT2D eigenvalue weighted by atomic mass is 35.5. The number of carbonyl (C=O) groups is 2. The number of aliphatic hydroxyl groups excluding tert-OH is 1. The van der Waals surface area contributed by atoms with E-state index in [9.17, 15) is 23.1 Å². The van der Waals surface area contributed by atoms with Crippen LogP contribution in [0.25, 0.3) is 0 Å². The van der Waals surface area contributed by atoms with Gasteiger partial charge in [-0.3, -0.25) is 4.79 Å². The summed E-state index contributed by atoms with van der Waals surface area (Å²) in [6.07, 6.45) is -0.717. The van der Waals surface area contributed by atoms with E-state index in [0.717, 1.165) is 0 Å². The Kier molecular flexibility index (Phi) is 10.0. The van der Waals surface area contributed by atoms with E-state index in [1.54, 1.807) is 43.9 Å². The zero-order chi connectivity index (χ0) is 31.5. The Morgan fingerprint density at radius 2 is 1.91 bits per heavy atom. The number of amides is 3. The number of nitrogens with zero attached hydrogens (tertiary/aromatic N) is 3. The van der Waals surface area contributed by atoms with Gasteiger partial charge in [-0.15, -0.1) is 0 Å². The monoisotopic (exact) mass is 633 g/mol. The molecule has 1 aliphatic rings. The van der Waals surface area contributed by atoms with Crippen LogP contribution in [0, 0.1) is 19.8 Å². The van der Waals surface area contributed by atoms with Crippen LogP contribution in [0.15, 0.2) is 51.9 Å². The van der Waals surface area contributed by atoms with Gasteiger partial charge in [0.05, 0.1) is 30.5 Å². The van der Waals surface area contributed by atoms with Crippen molar-refractivity contribution >= 4 is 44.9 Å². The van der Waals surface area contributed by atoms with Gasteiger partial charge in [-0.2, -0.15) is 4.31 Å². The zero-order valence-electron chi connectivity index (χ0n) is 24.6. The molecule has 4 rings (SSSR count). The average molecular weight is 634 g/mol. The second-order valence-corrected chi connectivity index (χ2v) is 13.2. The van der Waals surface area contributed by atoms with E-state index in [1.807, 2.05) is 6.92 Å². The number of aryl methyl sites for hydroxylation is 2. The average Bonchev–Trinajstić information content (AvgIpc) is 3.29.